The van der Waals surface area contributed by atoms with Gasteiger partial charge in [0.15, 0.2) is 11.5 Å². The highest BCUT2D eigenvalue weighted by Gasteiger charge is 2.15. The first-order chi connectivity index (χ1) is 14.1. The van der Waals surface area contributed by atoms with Gasteiger partial charge >= 0.3 is 5.69 Å². The van der Waals surface area contributed by atoms with Gasteiger partial charge in [-0.05, 0) is 18.2 Å². The number of halogens is 1. The van der Waals surface area contributed by atoms with Gasteiger partial charge in [0.2, 0.25) is 0 Å². The van der Waals surface area contributed by atoms with Crippen LogP contribution in [0.5, 0.6) is 0 Å². The smallest absolute Gasteiger partial charge is 0.303 e. The second kappa shape index (κ2) is 6.38. The number of nitrogens with zero attached hydrogens (tertiary/aromatic N) is 6. The highest BCUT2D eigenvalue weighted by molar-refractivity contribution is 5.80. The lowest BCUT2D eigenvalue weighted by Gasteiger charge is -2.05. The summed E-state index contributed by atoms with van der Waals surface area (Å²) in [5.74, 6) is -0.0430. The number of imidazole rings is 1. The molecular weight excluding hydrogens is 373 g/mol. The number of H-pyrrole nitrogens is 1. The van der Waals surface area contributed by atoms with Crippen molar-refractivity contribution >= 4 is 16.7 Å². The number of pyridine rings is 1. The standard InChI is InChI=1S/C20H12FN7O/c21-15-4-2-1-3-13(15)11-27-19-16(25-20(27)29)10-23-18(26-19)14-9-24-28-6-5-12(8-22)7-17(14)28/h1-7,9-10H,11H2,(H,25,29). The van der Waals surface area contributed by atoms with E-state index in [1.54, 1.807) is 47.2 Å². The molecule has 1 aromatic carbocycles. The number of hydrogen-bond donors (Lipinski definition) is 1. The van der Waals surface area contributed by atoms with Crippen LogP contribution in [0.15, 0.2) is 59.8 Å². The molecule has 0 fully saturated rings. The molecule has 0 atom stereocenters. The average Bonchev–Trinajstić information content (AvgIpc) is 3.29. The van der Waals surface area contributed by atoms with Gasteiger partial charge in [-0.25, -0.2) is 23.7 Å². The molecule has 4 heterocycles. The Bertz CT molecular complexity index is 1490. The number of hydrogen-bond acceptors (Lipinski definition) is 5. The lowest BCUT2D eigenvalue weighted by atomic mass is 10.2. The molecule has 0 aliphatic rings. The third-order valence-electron chi connectivity index (χ3n) is 4.69. The molecule has 0 amide bonds. The summed E-state index contributed by atoms with van der Waals surface area (Å²) in [6.07, 6.45) is 4.79. The number of nitrogens with one attached hydrogen (secondary N) is 1. The zero-order valence-corrected chi connectivity index (χ0v) is 14.9. The van der Waals surface area contributed by atoms with E-state index in [0.717, 1.165) is 0 Å². The monoisotopic (exact) mass is 385 g/mol. The van der Waals surface area contributed by atoms with Gasteiger partial charge in [-0.2, -0.15) is 10.4 Å². The highest BCUT2D eigenvalue weighted by atomic mass is 19.1. The molecule has 0 aliphatic heterocycles. The minimum Gasteiger partial charge on any atom is -0.303 e. The second-order valence-electron chi connectivity index (χ2n) is 6.45. The van der Waals surface area contributed by atoms with Crippen LogP contribution in [-0.2, 0) is 6.54 Å². The Balaban J connectivity index is 1.67. The summed E-state index contributed by atoms with van der Waals surface area (Å²) in [6, 6.07) is 11.7. The van der Waals surface area contributed by atoms with Crippen LogP contribution < -0.4 is 5.69 Å². The molecule has 5 rings (SSSR count). The fourth-order valence-electron chi connectivity index (χ4n) is 3.24. The predicted octanol–water partition coefficient (Wildman–Crippen LogP) is 2.49. The second-order valence-corrected chi connectivity index (χ2v) is 6.45. The molecule has 0 radical (unpaired) electrons. The topological polar surface area (TPSA) is 105 Å². The Labute approximate surface area is 162 Å². The van der Waals surface area contributed by atoms with Crippen LogP contribution >= 0.6 is 0 Å². The Morgan fingerprint density at radius 3 is 2.90 bits per heavy atom. The van der Waals surface area contributed by atoms with Gasteiger partial charge < -0.3 is 4.98 Å². The molecule has 0 spiro atoms. The van der Waals surface area contributed by atoms with Crippen molar-refractivity contribution in [1.82, 2.24) is 29.1 Å². The fourth-order valence-corrected chi connectivity index (χ4v) is 3.24. The Hall–Kier alpha value is -4.32. The minimum absolute atomic E-state index is 0.0370. The Morgan fingerprint density at radius 2 is 2.07 bits per heavy atom. The fraction of sp³-hybridized carbons (Fsp3) is 0.0500. The molecule has 0 bridgehead atoms. The molecule has 0 aliphatic carbocycles. The lowest BCUT2D eigenvalue weighted by Crippen LogP contribution is -2.18. The van der Waals surface area contributed by atoms with E-state index in [-0.39, 0.29) is 6.54 Å². The van der Waals surface area contributed by atoms with Crippen LogP contribution in [0.2, 0.25) is 0 Å². The van der Waals surface area contributed by atoms with Gasteiger partial charge in [-0.3, -0.25) is 4.57 Å². The summed E-state index contributed by atoms with van der Waals surface area (Å²) in [4.78, 5) is 24.0. The predicted molar refractivity (Wildman–Crippen MR) is 103 cm³/mol. The first-order valence-corrected chi connectivity index (χ1v) is 8.71. The lowest BCUT2D eigenvalue weighted by molar-refractivity contribution is 0.598. The number of rotatable bonds is 3. The maximum absolute atomic E-state index is 14.1. The molecule has 1 N–H and O–H groups in total. The van der Waals surface area contributed by atoms with E-state index in [0.29, 0.717) is 39.2 Å². The Kier molecular flexibility index (Phi) is 3.70. The number of aromatic nitrogens is 6. The summed E-state index contributed by atoms with van der Waals surface area (Å²) in [6.45, 7) is 0.0370. The first-order valence-electron chi connectivity index (χ1n) is 8.71. The van der Waals surface area contributed by atoms with Gasteiger partial charge in [0.05, 0.1) is 41.7 Å². The van der Waals surface area contributed by atoms with Gasteiger partial charge in [0.1, 0.15) is 11.3 Å². The van der Waals surface area contributed by atoms with Crippen molar-refractivity contribution in [3.05, 3.63) is 82.4 Å². The molecule has 4 aromatic heterocycles. The normalized spacial score (nSPS) is 11.2. The van der Waals surface area contributed by atoms with E-state index < -0.39 is 11.5 Å². The van der Waals surface area contributed by atoms with Crippen LogP contribution in [0.4, 0.5) is 4.39 Å². The largest absolute Gasteiger partial charge is 0.328 e. The van der Waals surface area contributed by atoms with Crippen molar-refractivity contribution in [2.45, 2.75) is 6.54 Å². The molecule has 9 heteroatoms. The van der Waals surface area contributed by atoms with Gasteiger partial charge in [0.25, 0.3) is 0 Å². The number of aromatic amines is 1. The number of benzene rings is 1. The number of fused-ring (bicyclic) bond motifs is 2. The van der Waals surface area contributed by atoms with Crippen LogP contribution in [0.3, 0.4) is 0 Å². The van der Waals surface area contributed by atoms with Crippen molar-refractivity contribution in [1.29, 1.82) is 5.26 Å². The van der Waals surface area contributed by atoms with Crippen molar-refractivity contribution in [2.24, 2.45) is 0 Å². The summed E-state index contributed by atoms with van der Waals surface area (Å²) >= 11 is 0. The molecule has 8 nitrogen and oxygen atoms in total. The first kappa shape index (κ1) is 16.8. The van der Waals surface area contributed by atoms with Crippen molar-refractivity contribution in [2.75, 3.05) is 0 Å². The van der Waals surface area contributed by atoms with E-state index in [1.165, 1.54) is 16.8 Å². The number of nitriles is 1. The SMILES string of the molecule is N#Cc1ccn2ncc(-c3ncc4[nH]c(=O)n(Cc5ccccc5F)c4n3)c2c1. The maximum Gasteiger partial charge on any atom is 0.328 e. The molecule has 0 saturated carbocycles. The average molecular weight is 385 g/mol. The minimum atomic E-state index is -0.402. The van der Waals surface area contributed by atoms with E-state index in [4.69, 9.17) is 5.26 Å². The van der Waals surface area contributed by atoms with Gasteiger partial charge in [-0.1, -0.05) is 18.2 Å². The van der Waals surface area contributed by atoms with Crippen molar-refractivity contribution < 1.29 is 4.39 Å². The van der Waals surface area contributed by atoms with E-state index in [1.807, 2.05) is 0 Å². The van der Waals surface area contributed by atoms with Crippen LogP contribution in [0, 0.1) is 17.1 Å². The summed E-state index contributed by atoms with van der Waals surface area (Å²) in [5.41, 5.74) is 2.56. The molecule has 0 unspecified atom stereocenters. The van der Waals surface area contributed by atoms with E-state index >= 15 is 0 Å². The summed E-state index contributed by atoms with van der Waals surface area (Å²) < 4.78 is 17.1. The zero-order chi connectivity index (χ0) is 20.0. The van der Waals surface area contributed by atoms with E-state index in [9.17, 15) is 9.18 Å². The van der Waals surface area contributed by atoms with Crippen LogP contribution in [-0.4, -0.2) is 29.1 Å². The Morgan fingerprint density at radius 1 is 1.21 bits per heavy atom. The maximum atomic E-state index is 14.1. The summed E-state index contributed by atoms with van der Waals surface area (Å²) in [7, 11) is 0. The molecular formula is C20H12FN7O. The molecule has 0 saturated heterocycles. The molecule has 140 valence electrons. The van der Waals surface area contributed by atoms with Crippen molar-refractivity contribution in [3.63, 3.8) is 0 Å². The summed E-state index contributed by atoms with van der Waals surface area (Å²) in [5, 5.41) is 13.4. The quantitative estimate of drug-likeness (QED) is 0.514. The van der Waals surface area contributed by atoms with Gasteiger partial charge in [-0.15, -0.1) is 0 Å². The zero-order valence-electron chi connectivity index (χ0n) is 14.9. The highest BCUT2D eigenvalue weighted by Crippen LogP contribution is 2.23. The molecule has 5 aromatic rings. The van der Waals surface area contributed by atoms with Crippen LogP contribution in [0.1, 0.15) is 11.1 Å². The van der Waals surface area contributed by atoms with Crippen LogP contribution in [0.25, 0.3) is 28.1 Å². The third-order valence-corrected chi connectivity index (χ3v) is 4.69. The molecule has 29 heavy (non-hydrogen) atoms. The third kappa shape index (κ3) is 2.74. The van der Waals surface area contributed by atoms with Crippen molar-refractivity contribution in [3.8, 4) is 17.5 Å². The van der Waals surface area contributed by atoms with Gasteiger partial charge in [0, 0.05) is 11.8 Å². The van der Waals surface area contributed by atoms with E-state index in [2.05, 4.69) is 26.1 Å².